The fourth-order valence-corrected chi connectivity index (χ4v) is 9.37. The average Bonchev–Trinajstić information content (AvgIpc) is 3.97. The van der Waals surface area contributed by atoms with E-state index in [1.807, 2.05) is 72.0 Å². The Kier molecular flexibility index (Phi) is 7.03. The zero-order valence-electron chi connectivity index (χ0n) is 30.3. The maximum absolute atomic E-state index is 6.47. The summed E-state index contributed by atoms with van der Waals surface area (Å²) in [6.45, 7) is 0. The second-order valence-corrected chi connectivity index (χ2v) is 15.4. The van der Waals surface area contributed by atoms with Crippen LogP contribution in [0.2, 0.25) is 0 Å². The predicted octanol–water partition coefficient (Wildman–Crippen LogP) is 14.4. The molecule has 0 atom stereocenters. The SMILES string of the molecule is c1cc(-c2ccc(-c3nc(-c4cccc5c4oc4ccccc45)nc(-c4cccc5oc6ccccc6c45)n3)cc2)cc(-c2ccc3c(c2)sc2ccccc23)c1. The molecule has 6 heteroatoms. The van der Waals surface area contributed by atoms with Gasteiger partial charge in [0.15, 0.2) is 17.5 Å². The summed E-state index contributed by atoms with van der Waals surface area (Å²) in [7, 11) is 0. The number of hydrogen-bond acceptors (Lipinski definition) is 6. The molecule has 0 saturated heterocycles. The number of benzene rings is 8. The standard InChI is InChI=1S/C51H29N3O2S/c1-4-18-42-35(12-1)38-15-8-17-41(48(38)56-42)51-53-49(52-50(54-51)40-16-9-20-44-47(40)39-14-2-5-19-43(39)55-44)31-24-22-30(23-25-31)32-10-7-11-33(28-32)34-26-27-37-36-13-3-6-21-45(36)57-46(37)29-34/h1-29H. The molecule has 0 aliphatic rings. The first kappa shape index (κ1) is 31.9. The van der Waals surface area contributed by atoms with Crippen LogP contribution in [0.15, 0.2) is 185 Å². The molecule has 0 unspecified atom stereocenters. The molecule has 4 aromatic heterocycles. The molecule has 0 bridgehead atoms. The van der Waals surface area contributed by atoms with E-state index in [2.05, 4.69) is 115 Å². The van der Waals surface area contributed by atoms with E-state index in [1.54, 1.807) is 0 Å². The zero-order chi connectivity index (χ0) is 37.5. The van der Waals surface area contributed by atoms with Crippen LogP contribution in [0.1, 0.15) is 0 Å². The van der Waals surface area contributed by atoms with Gasteiger partial charge in [0.2, 0.25) is 0 Å². The molecule has 0 aliphatic heterocycles. The first-order chi connectivity index (χ1) is 28.2. The number of para-hydroxylation sites is 3. The second kappa shape index (κ2) is 12.6. The summed E-state index contributed by atoms with van der Waals surface area (Å²) >= 11 is 1.85. The average molecular weight is 748 g/mol. The Morgan fingerprint density at radius 3 is 1.75 bits per heavy atom. The molecule has 0 aliphatic carbocycles. The third-order valence-corrected chi connectivity index (χ3v) is 12.1. The van der Waals surface area contributed by atoms with Gasteiger partial charge in [-0.15, -0.1) is 11.3 Å². The number of aromatic nitrogens is 3. The molecule has 12 rings (SSSR count). The van der Waals surface area contributed by atoms with Crippen molar-refractivity contribution in [2.45, 2.75) is 0 Å². The lowest BCUT2D eigenvalue weighted by Gasteiger charge is -2.10. The van der Waals surface area contributed by atoms with Crippen molar-refractivity contribution in [1.29, 1.82) is 0 Å². The minimum absolute atomic E-state index is 0.539. The van der Waals surface area contributed by atoms with Crippen LogP contribution < -0.4 is 0 Å². The highest BCUT2D eigenvalue weighted by Gasteiger charge is 2.20. The smallest absolute Gasteiger partial charge is 0.167 e. The van der Waals surface area contributed by atoms with Crippen molar-refractivity contribution in [2.75, 3.05) is 0 Å². The largest absolute Gasteiger partial charge is 0.456 e. The van der Waals surface area contributed by atoms with Crippen LogP contribution in [0.3, 0.4) is 0 Å². The van der Waals surface area contributed by atoms with Gasteiger partial charge in [-0.1, -0.05) is 133 Å². The van der Waals surface area contributed by atoms with E-state index in [0.717, 1.165) is 71.7 Å². The third-order valence-electron chi connectivity index (χ3n) is 11.0. The Morgan fingerprint density at radius 2 is 0.895 bits per heavy atom. The number of rotatable bonds is 5. The van der Waals surface area contributed by atoms with Crippen molar-refractivity contribution >= 4 is 75.4 Å². The molecule has 8 aromatic carbocycles. The molecule has 5 nitrogen and oxygen atoms in total. The van der Waals surface area contributed by atoms with Crippen LogP contribution in [-0.2, 0) is 0 Å². The number of fused-ring (bicyclic) bond motifs is 9. The van der Waals surface area contributed by atoms with E-state index < -0.39 is 0 Å². The Labute approximate surface area is 330 Å². The van der Waals surface area contributed by atoms with Gasteiger partial charge in [0.1, 0.15) is 22.3 Å². The van der Waals surface area contributed by atoms with E-state index in [-0.39, 0.29) is 0 Å². The van der Waals surface area contributed by atoms with E-state index in [1.165, 1.54) is 31.3 Å². The monoisotopic (exact) mass is 747 g/mol. The summed E-state index contributed by atoms with van der Waals surface area (Å²) in [5.41, 5.74) is 10.4. The van der Waals surface area contributed by atoms with Crippen molar-refractivity contribution in [1.82, 2.24) is 15.0 Å². The van der Waals surface area contributed by atoms with Crippen molar-refractivity contribution in [3.63, 3.8) is 0 Å². The van der Waals surface area contributed by atoms with Crippen molar-refractivity contribution in [3.05, 3.63) is 176 Å². The lowest BCUT2D eigenvalue weighted by molar-refractivity contribution is 0.668. The highest BCUT2D eigenvalue weighted by molar-refractivity contribution is 7.25. The fourth-order valence-electron chi connectivity index (χ4n) is 8.23. The molecule has 57 heavy (non-hydrogen) atoms. The summed E-state index contributed by atoms with van der Waals surface area (Å²) in [5, 5.41) is 6.68. The first-order valence-corrected chi connectivity index (χ1v) is 19.7. The van der Waals surface area contributed by atoms with Crippen LogP contribution in [0.25, 0.3) is 120 Å². The van der Waals surface area contributed by atoms with Gasteiger partial charge in [0.25, 0.3) is 0 Å². The number of nitrogens with zero attached hydrogens (tertiary/aromatic N) is 3. The van der Waals surface area contributed by atoms with Crippen LogP contribution in [0.4, 0.5) is 0 Å². The van der Waals surface area contributed by atoms with Crippen molar-refractivity contribution in [2.24, 2.45) is 0 Å². The van der Waals surface area contributed by atoms with Gasteiger partial charge in [0, 0.05) is 52.8 Å². The van der Waals surface area contributed by atoms with Gasteiger partial charge in [0.05, 0.1) is 5.56 Å². The zero-order valence-corrected chi connectivity index (χ0v) is 31.1. The van der Waals surface area contributed by atoms with Gasteiger partial charge in [-0.3, -0.25) is 0 Å². The highest BCUT2D eigenvalue weighted by Crippen LogP contribution is 2.40. The van der Waals surface area contributed by atoms with Gasteiger partial charge in [-0.05, 0) is 64.7 Å². The first-order valence-electron chi connectivity index (χ1n) is 18.9. The Hall–Kier alpha value is -7.41. The maximum Gasteiger partial charge on any atom is 0.167 e. The molecule has 266 valence electrons. The van der Waals surface area contributed by atoms with E-state index in [9.17, 15) is 0 Å². The topological polar surface area (TPSA) is 65.0 Å². The van der Waals surface area contributed by atoms with Crippen LogP contribution in [0, 0.1) is 0 Å². The summed E-state index contributed by atoms with van der Waals surface area (Å²) in [5.74, 6) is 1.68. The molecule has 0 amide bonds. The molecule has 12 aromatic rings. The fraction of sp³-hybridized carbons (Fsp3) is 0. The predicted molar refractivity (Wildman–Crippen MR) is 234 cm³/mol. The lowest BCUT2D eigenvalue weighted by atomic mass is 9.97. The summed E-state index contributed by atoms with van der Waals surface area (Å²) in [4.78, 5) is 15.5. The molecule has 0 N–H and O–H groups in total. The third kappa shape index (κ3) is 5.19. The maximum atomic E-state index is 6.47. The van der Waals surface area contributed by atoms with Crippen molar-refractivity contribution in [3.8, 4) is 56.4 Å². The van der Waals surface area contributed by atoms with Gasteiger partial charge in [-0.2, -0.15) is 0 Å². The molecule has 0 fully saturated rings. The number of furan rings is 2. The normalized spacial score (nSPS) is 11.9. The minimum Gasteiger partial charge on any atom is -0.456 e. The van der Waals surface area contributed by atoms with Crippen LogP contribution in [-0.4, -0.2) is 15.0 Å². The number of hydrogen-bond donors (Lipinski definition) is 0. The Morgan fingerprint density at radius 1 is 0.333 bits per heavy atom. The summed E-state index contributed by atoms with van der Waals surface area (Å²) < 4.78 is 15.4. The second-order valence-electron chi connectivity index (χ2n) is 14.3. The van der Waals surface area contributed by atoms with E-state index in [0.29, 0.717) is 17.5 Å². The Bertz CT molecular complexity index is 3540. The number of thiophene rings is 1. The van der Waals surface area contributed by atoms with E-state index >= 15 is 0 Å². The lowest BCUT2D eigenvalue weighted by Crippen LogP contribution is -2.00. The van der Waals surface area contributed by atoms with Gasteiger partial charge < -0.3 is 8.83 Å². The molecular weight excluding hydrogens is 719 g/mol. The quantitative estimate of drug-likeness (QED) is 0.175. The molecule has 0 radical (unpaired) electrons. The minimum atomic E-state index is 0.539. The summed E-state index contributed by atoms with van der Waals surface area (Å²) in [6.07, 6.45) is 0. The van der Waals surface area contributed by atoms with Gasteiger partial charge in [-0.25, -0.2) is 15.0 Å². The van der Waals surface area contributed by atoms with Gasteiger partial charge >= 0.3 is 0 Å². The molecule has 0 spiro atoms. The van der Waals surface area contributed by atoms with Crippen LogP contribution >= 0.6 is 11.3 Å². The highest BCUT2D eigenvalue weighted by atomic mass is 32.1. The Balaban J connectivity index is 0.979. The molecular formula is C51H29N3O2S. The molecule has 4 heterocycles. The molecule has 0 saturated carbocycles. The van der Waals surface area contributed by atoms with Crippen LogP contribution in [0.5, 0.6) is 0 Å². The summed E-state index contributed by atoms with van der Waals surface area (Å²) in [6, 6.07) is 61.1. The van der Waals surface area contributed by atoms with E-state index in [4.69, 9.17) is 23.8 Å². The van der Waals surface area contributed by atoms with Crippen molar-refractivity contribution < 1.29 is 8.83 Å².